The molecule has 8 heteroatoms. The van der Waals surface area contributed by atoms with Crippen LogP contribution in [0.15, 0.2) is 42.9 Å². The summed E-state index contributed by atoms with van der Waals surface area (Å²) in [5.74, 6) is -0.129. The van der Waals surface area contributed by atoms with Crippen LogP contribution in [-0.4, -0.2) is 19.9 Å². The van der Waals surface area contributed by atoms with Crippen LogP contribution in [-0.2, 0) is 0 Å². The Kier molecular flexibility index (Phi) is 3.03. The van der Waals surface area contributed by atoms with Crippen LogP contribution in [0.2, 0.25) is 0 Å². The molecule has 2 aromatic heterocycles. The van der Waals surface area contributed by atoms with Gasteiger partial charge >= 0.3 is 5.69 Å². The number of hydrogen-bond acceptors (Lipinski definition) is 7. The molecule has 0 atom stereocenters. The predicted octanol–water partition coefficient (Wildman–Crippen LogP) is 2.26. The van der Waals surface area contributed by atoms with Gasteiger partial charge < -0.3 is 11.1 Å². The molecule has 0 aliphatic carbocycles. The standard InChI is InChI=1S/C13H10N6O2/c14-12-11(19(20)21)13(17-7-16-12)18-9-3-4-10-8(6-9)2-1-5-15-10/h1-7H,(H3,14,16,17,18). The smallest absolute Gasteiger partial charge is 0.353 e. The zero-order valence-electron chi connectivity index (χ0n) is 10.7. The van der Waals surface area contributed by atoms with Crippen molar-refractivity contribution in [2.45, 2.75) is 0 Å². The minimum atomic E-state index is -0.611. The van der Waals surface area contributed by atoms with E-state index in [1.807, 2.05) is 24.3 Å². The normalized spacial score (nSPS) is 10.5. The molecule has 21 heavy (non-hydrogen) atoms. The molecule has 3 aromatic rings. The van der Waals surface area contributed by atoms with E-state index in [-0.39, 0.29) is 17.3 Å². The van der Waals surface area contributed by atoms with Crippen molar-refractivity contribution in [3.05, 3.63) is 53.0 Å². The number of aromatic nitrogens is 3. The third-order valence-electron chi connectivity index (χ3n) is 2.90. The molecular formula is C13H10N6O2. The average molecular weight is 282 g/mol. The number of nitrogens with one attached hydrogen (secondary N) is 1. The molecule has 0 saturated carbocycles. The number of fused-ring (bicyclic) bond motifs is 1. The van der Waals surface area contributed by atoms with Gasteiger partial charge in [0.2, 0.25) is 11.6 Å². The summed E-state index contributed by atoms with van der Waals surface area (Å²) in [6, 6.07) is 9.11. The van der Waals surface area contributed by atoms with E-state index >= 15 is 0 Å². The lowest BCUT2D eigenvalue weighted by molar-refractivity contribution is -0.383. The average Bonchev–Trinajstić information content (AvgIpc) is 2.47. The number of rotatable bonds is 3. The van der Waals surface area contributed by atoms with Crippen molar-refractivity contribution in [1.29, 1.82) is 0 Å². The Morgan fingerprint density at radius 3 is 2.86 bits per heavy atom. The van der Waals surface area contributed by atoms with Gasteiger partial charge in [0.05, 0.1) is 10.4 Å². The third kappa shape index (κ3) is 2.41. The van der Waals surface area contributed by atoms with Gasteiger partial charge in [-0.3, -0.25) is 15.1 Å². The molecule has 8 nitrogen and oxygen atoms in total. The fourth-order valence-corrected chi connectivity index (χ4v) is 1.95. The number of benzene rings is 1. The molecule has 0 amide bonds. The van der Waals surface area contributed by atoms with Crippen molar-refractivity contribution in [2.24, 2.45) is 0 Å². The molecule has 104 valence electrons. The van der Waals surface area contributed by atoms with Gasteiger partial charge in [0.25, 0.3) is 0 Å². The van der Waals surface area contributed by atoms with E-state index in [1.165, 1.54) is 6.33 Å². The van der Waals surface area contributed by atoms with Crippen LogP contribution in [0, 0.1) is 10.1 Å². The minimum absolute atomic E-state index is 0.0516. The zero-order valence-corrected chi connectivity index (χ0v) is 10.7. The largest absolute Gasteiger partial charge is 0.378 e. The maximum Gasteiger partial charge on any atom is 0.353 e. The number of nitrogens with zero attached hydrogens (tertiary/aromatic N) is 4. The van der Waals surface area contributed by atoms with Gasteiger partial charge in [-0.25, -0.2) is 9.97 Å². The van der Waals surface area contributed by atoms with Crippen LogP contribution in [0.1, 0.15) is 0 Å². The van der Waals surface area contributed by atoms with Gasteiger partial charge in [-0.1, -0.05) is 6.07 Å². The number of hydrogen-bond donors (Lipinski definition) is 2. The Hall–Kier alpha value is -3.29. The number of nitrogens with two attached hydrogens (primary N) is 1. The van der Waals surface area contributed by atoms with Crippen LogP contribution in [0.4, 0.5) is 23.0 Å². The summed E-state index contributed by atoms with van der Waals surface area (Å²) in [6.45, 7) is 0. The topological polar surface area (TPSA) is 120 Å². The maximum absolute atomic E-state index is 11.0. The molecule has 0 spiro atoms. The molecule has 0 fully saturated rings. The quantitative estimate of drug-likeness (QED) is 0.558. The molecular weight excluding hydrogens is 272 g/mol. The third-order valence-corrected chi connectivity index (χ3v) is 2.90. The Labute approximate surface area is 118 Å². The molecule has 3 rings (SSSR count). The van der Waals surface area contributed by atoms with Crippen LogP contribution >= 0.6 is 0 Å². The molecule has 2 heterocycles. The summed E-state index contributed by atoms with van der Waals surface area (Å²) in [6.07, 6.45) is 2.87. The SMILES string of the molecule is Nc1ncnc(Nc2ccc3ncccc3c2)c1[N+](=O)[O-]. The van der Waals surface area contributed by atoms with E-state index in [4.69, 9.17) is 5.73 Å². The molecule has 0 unspecified atom stereocenters. The lowest BCUT2D eigenvalue weighted by atomic mass is 10.2. The van der Waals surface area contributed by atoms with E-state index in [9.17, 15) is 10.1 Å². The lowest BCUT2D eigenvalue weighted by Gasteiger charge is -2.07. The maximum atomic E-state index is 11.0. The van der Waals surface area contributed by atoms with E-state index in [0.717, 1.165) is 10.9 Å². The van der Waals surface area contributed by atoms with Crippen molar-refractivity contribution in [1.82, 2.24) is 15.0 Å². The summed E-state index contributed by atoms with van der Waals surface area (Å²) in [7, 11) is 0. The lowest BCUT2D eigenvalue weighted by Crippen LogP contribution is -2.04. The molecule has 0 aliphatic heterocycles. The van der Waals surface area contributed by atoms with Crippen molar-refractivity contribution < 1.29 is 4.92 Å². The van der Waals surface area contributed by atoms with Gasteiger partial charge in [-0.05, 0) is 24.3 Å². The minimum Gasteiger partial charge on any atom is -0.378 e. The van der Waals surface area contributed by atoms with Crippen LogP contribution in [0.3, 0.4) is 0 Å². The van der Waals surface area contributed by atoms with Gasteiger partial charge in [0.1, 0.15) is 6.33 Å². The fraction of sp³-hybridized carbons (Fsp3) is 0. The van der Waals surface area contributed by atoms with E-state index in [2.05, 4.69) is 20.3 Å². The summed E-state index contributed by atoms with van der Waals surface area (Å²) < 4.78 is 0. The second kappa shape index (κ2) is 5.00. The summed E-state index contributed by atoms with van der Waals surface area (Å²) in [4.78, 5) is 22.1. The van der Waals surface area contributed by atoms with Gasteiger partial charge in [-0.15, -0.1) is 0 Å². The molecule has 3 N–H and O–H groups in total. The summed E-state index contributed by atoms with van der Waals surface area (Å²) >= 11 is 0. The molecule has 1 aromatic carbocycles. The Morgan fingerprint density at radius 2 is 2.05 bits per heavy atom. The first-order chi connectivity index (χ1) is 10.1. The van der Waals surface area contributed by atoms with Gasteiger partial charge in [0, 0.05) is 17.3 Å². The first-order valence-corrected chi connectivity index (χ1v) is 6.02. The molecule has 0 radical (unpaired) electrons. The van der Waals surface area contributed by atoms with Gasteiger partial charge in [-0.2, -0.15) is 0 Å². The van der Waals surface area contributed by atoms with Crippen LogP contribution < -0.4 is 11.1 Å². The fourth-order valence-electron chi connectivity index (χ4n) is 1.95. The number of nitrogen functional groups attached to an aromatic ring is 1. The number of pyridine rings is 1. The van der Waals surface area contributed by atoms with Crippen molar-refractivity contribution >= 4 is 33.9 Å². The second-order valence-electron chi connectivity index (χ2n) is 4.25. The van der Waals surface area contributed by atoms with E-state index < -0.39 is 4.92 Å². The number of anilines is 3. The van der Waals surface area contributed by atoms with E-state index in [0.29, 0.717) is 5.69 Å². The Balaban J connectivity index is 2.02. The van der Waals surface area contributed by atoms with Crippen molar-refractivity contribution in [3.8, 4) is 0 Å². The van der Waals surface area contributed by atoms with Crippen molar-refractivity contribution in [2.75, 3.05) is 11.1 Å². The van der Waals surface area contributed by atoms with Gasteiger partial charge in [0.15, 0.2) is 0 Å². The summed E-state index contributed by atoms with van der Waals surface area (Å²) in [5.41, 5.74) is 6.66. The highest BCUT2D eigenvalue weighted by molar-refractivity contribution is 5.84. The highest BCUT2D eigenvalue weighted by atomic mass is 16.6. The van der Waals surface area contributed by atoms with Crippen LogP contribution in [0.25, 0.3) is 10.9 Å². The van der Waals surface area contributed by atoms with Crippen molar-refractivity contribution in [3.63, 3.8) is 0 Å². The first-order valence-electron chi connectivity index (χ1n) is 6.02. The Morgan fingerprint density at radius 1 is 1.19 bits per heavy atom. The molecule has 0 saturated heterocycles. The number of nitro groups is 1. The predicted molar refractivity (Wildman–Crippen MR) is 78.1 cm³/mol. The Bertz CT molecular complexity index is 836. The zero-order chi connectivity index (χ0) is 14.8. The monoisotopic (exact) mass is 282 g/mol. The highest BCUT2D eigenvalue weighted by Gasteiger charge is 2.20. The summed E-state index contributed by atoms with van der Waals surface area (Å²) in [5, 5.41) is 14.8. The van der Waals surface area contributed by atoms with Crippen LogP contribution in [0.5, 0.6) is 0 Å². The molecule has 0 aliphatic rings. The first kappa shape index (κ1) is 12.7. The molecule has 0 bridgehead atoms. The second-order valence-corrected chi connectivity index (χ2v) is 4.25. The van der Waals surface area contributed by atoms with E-state index in [1.54, 1.807) is 12.3 Å². The highest BCUT2D eigenvalue weighted by Crippen LogP contribution is 2.29.